The summed E-state index contributed by atoms with van der Waals surface area (Å²) < 4.78 is 4.99. The lowest BCUT2D eigenvalue weighted by Gasteiger charge is -2.29. The van der Waals surface area contributed by atoms with Crippen LogP contribution in [0.15, 0.2) is 5.38 Å². The molecule has 1 aromatic rings. The second-order valence-electron chi connectivity index (χ2n) is 7.12. The molecule has 0 bridgehead atoms. The Labute approximate surface area is 154 Å². The summed E-state index contributed by atoms with van der Waals surface area (Å²) in [5.74, 6) is 0.573. The minimum absolute atomic E-state index is 0.158. The third-order valence-corrected chi connectivity index (χ3v) is 5.44. The highest BCUT2D eigenvalue weighted by Crippen LogP contribution is 2.26. The van der Waals surface area contributed by atoms with Gasteiger partial charge in [0, 0.05) is 17.8 Å². The molecule has 0 saturated heterocycles. The van der Waals surface area contributed by atoms with Gasteiger partial charge in [0.15, 0.2) is 5.69 Å². The zero-order chi connectivity index (χ0) is 18.2. The molecule has 1 heterocycles. The Bertz CT molecular complexity index is 565. The van der Waals surface area contributed by atoms with Gasteiger partial charge in [0.1, 0.15) is 5.01 Å². The van der Waals surface area contributed by atoms with Gasteiger partial charge < -0.3 is 9.64 Å². The van der Waals surface area contributed by atoms with Gasteiger partial charge >= 0.3 is 5.97 Å². The van der Waals surface area contributed by atoms with Gasteiger partial charge in [0.05, 0.1) is 13.2 Å². The van der Waals surface area contributed by atoms with Gasteiger partial charge in [-0.25, -0.2) is 9.78 Å². The Morgan fingerprint density at radius 3 is 2.68 bits per heavy atom. The Morgan fingerprint density at radius 1 is 1.32 bits per heavy atom. The maximum Gasteiger partial charge on any atom is 0.357 e. The number of nitrogens with zero attached hydrogens (tertiary/aromatic N) is 2. The maximum atomic E-state index is 13.0. The van der Waals surface area contributed by atoms with Crippen LogP contribution in [-0.2, 0) is 16.1 Å². The summed E-state index contributed by atoms with van der Waals surface area (Å²) in [4.78, 5) is 31.1. The van der Waals surface area contributed by atoms with E-state index in [-0.39, 0.29) is 11.8 Å². The van der Waals surface area contributed by atoms with E-state index < -0.39 is 5.97 Å². The number of aromatic nitrogens is 1. The molecule has 1 saturated carbocycles. The van der Waals surface area contributed by atoms with Crippen LogP contribution in [0.3, 0.4) is 0 Å². The van der Waals surface area contributed by atoms with Crippen LogP contribution in [0.1, 0.15) is 74.8 Å². The standard InChI is InChI=1S/C19H30N2O3S/c1-4-24-19(23)16-13-25-17(20-16)12-21(11-10-14(2)3)18(22)15-8-6-5-7-9-15/h13-15H,4-12H2,1-3H3. The number of hydrogen-bond acceptors (Lipinski definition) is 5. The third-order valence-electron chi connectivity index (χ3n) is 4.60. The Kier molecular flexibility index (Phi) is 7.88. The molecule has 0 atom stereocenters. The van der Waals surface area contributed by atoms with E-state index in [0.717, 1.165) is 43.7 Å². The number of carbonyl (C=O) groups is 2. The van der Waals surface area contributed by atoms with Gasteiger partial charge in [-0.3, -0.25) is 4.79 Å². The predicted molar refractivity (Wildman–Crippen MR) is 99.5 cm³/mol. The SMILES string of the molecule is CCOC(=O)c1csc(CN(CCC(C)C)C(=O)C2CCCCC2)n1. The Balaban J connectivity index is 2.04. The summed E-state index contributed by atoms with van der Waals surface area (Å²) in [6, 6.07) is 0. The van der Waals surface area contributed by atoms with Crippen molar-refractivity contribution in [3.63, 3.8) is 0 Å². The highest BCUT2D eigenvalue weighted by Gasteiger charge is 2.27. The average molecular weight is 367 g/mol. The van der Waals surface area contributed by atoms with Crippen molar-refractivity contribution in [2.45, 2.75) is 65.8 Å². The normalized spacial score (nSPS) is 15.4. The first-order valence-corrected chi connectivity index (χ1v) is 10.3. The van der Waals surface area contributed by atoms with Crippen molar-refractivity contribution < 1.29 is 14.3 Å². The molecule has 2 rings (SSSR count). The van der Waals surface area contributed by atoms with Crippen molar-refractivity contribution in [1.82, 2.24) is 9.88 Å². The van der Waals surface area contributed by atoms with Gasteiger partial charge in [-0.2, -0.15) is 0 Å². The van der Waals surface area contributed by atoms with Crippen molar-refractivity contribution in [1.29, 1.82) is 0 Å². The zero-order valence-corrected chi connectivity index (χ0v) is 16.4. The van der Waals surface area contributed by atoms with Crippen LogP contribution >= 0.6 is 11.3 Å². The van der Waals surface area contributed by atoms with Crippen LogP contribution in [0.5, 0.6) is 0 Å². The molecular weight excluding hydrogens is 336 g/mol. The van der Waals surface area contributed by atoms with E-state index in [1.165, 1.54) is 17.8 Å². The van der Waals surface area contributed by atoms with E-state index >= 15 is 0 Å². The number of thiazole rings is 1. The highest BCUT2D eigenvalue weighted by molar-refractivity contribution is 7.09. The first kappa shape index (κ1) is 19.9. The van der Waals surface area contributed by atoms with E-state index in [0.29, 0.717) is 24.8 Å². The quantitative estimate of drug-likeness (QED) is 0.645. The monoisotopic (exact) mass is 366 g/mol. The van der Waals surface area contributed by atoms with Crippen molar-refractivity contribution >= 4 is 23.2 Å². The largest absolute Gasteiger partial charge is 0.461 e. The molecule has 0 radical (unpaired) electrons. The number of amides is 1. The fourth-order valence-corrected chi connectivity index (χ4v) is 3.91. The molecule has 0 aromatic carbocycles. The second-order valence-corrected chi connectivity index (χ2v) is 8.07. The van der Waals surface area contributed by atoms with Crippen LogP contribution in [0.4, 0.5) is 0 Å². The molecule has 5 nitrogen and oxygen atoms in total. The van der Waals surface area contributed by atoms with Crippen molar-refractivity contribution in [3.05, 3.63) is 16.1 Å². The van der Waals surface area contributed by atoms with Gasteiger partial charge in [-0.15, -0.1) is 11.3 Å². The van der Waals surface area contributed by atoms with Crippen LogP contribution in [-0.4, -0.2) is 34.9 Å². The predicted octanol–water partition coefficient (Wildman–Crippen LogP) is 4.27. The number of hydrogen-bond donors (Lipinski definition) is 0. The first-order valence-electron chi connectivity index (χ1n) is 9.41. The highest BCUT2D eigenvalue weighted by atomic mass is 32.1. The number of esters is 1. The van der Waals surface area contributed by atoms with Crippen molar-refractivity contribution in [2.24, 2.45) is 11.8 Å². The Hall–Kier alpha value is -1.43. The Morgan fingerprint density at radius 2 is 2.04 bits per heavy atom. The zero-order valence-electron chi connectivity index (χ0n) is 15.6. The maximum absolute atomic E-state index is 13.0. The summed E-state index contributed by atoms with van der Waals surface area (Å²) in [5, 5.41) is 2.52. The first-order chi connectivity index (χ1) is 12.0. The molecular formula is C19H30N2O3S. The van der Waals surface area contributed by atoms with E-state index in [1.54, 1.807) is 12.3 Å². The third kappa shape index (κ3) is 6.10. The fourth-order valence-electron chi connectivity index (χ4n) is 3.13. The molecule has 0 aliphatic heterocycles. The number of rotatable bonds is 8. The summed E-state index contributed by atoms with van der Waals surface area (Å²) in [7, 11) is 0. The average Bonchev–Trinajstić information content (AvgIpc) is 3.07. The van der Waals surface area contributed by atoms with Gasteiger partial charge in [0.2, 0.25) is 5.91 Å². The van der Waals surface area contributed by atoms with Crippen molar-refractivity contribution in [3.8, 4) is 0 Å². The molecule has 25 heavy (non-hydrogen) atoms. The van der Waals surface area contributed by atoms with E-state index in [4.69, 9.17) is 4.74 Å². The van der Waals surface area contributed by atoms with Gasteiger partial charge in [-0.1, -0.05) is 33.1 Å². The summed E-state index contributed by atoms with van der Waals surface area (Å²) in [6.45, 7) is 7.71. The molecule has 0 unspecified atom stereocenters. The van der Waals surface area contributed by atoms with Crippen molar-refractivity contribution in [2.75, 3.05) is 13.2 Å². The molecule has 0 spiro atoms. The molecule has 0 N–H and O–H groups in total. The second kappa shape index (κ2) is 9.90. The molecule has 6 heteroatoms. The topological polar surface area (TPSA) is 59.5 Å². The summed E-state index contributed by atoms with van der Waals surface area (Å²) in [5.41, 5.74) is 0.343. The van der Waals surface area contributed by atoms with Gasteiger partial charge in [-0.05, 0) is 32.1 Å². The van der Waals surface area contributed by atoms with E-state index in [2.05, 4.69) is 18.8 Å². The van der Waals surface area contributed by atoms with E-state index in [9.17, 15) is 9.59 Å². The molecule has 1 aliphatic rings. The molecule has 140 valence electrons. The molecule has 1 aliphatic carbocycles. The lowest BCUT2D eigenvalue weighted by molar-refractivity contribution is -0.137. The van der Waals surface area contributed by atoms with Gasteiger partial charge in [0.25, 0.3) is 0 Å². The number of carbonyl (C=O) groups excluding carboxylic acids is 2. The van der Waals surface area contributed by atoms with Crippen LogP contribution in [0, 0.1) is 11.8 Å². The van der Waals surface area contributed by atoms with Crippen LogP contribution < -0.4 is 0 Å². The van der Waals surface area contributed by atoms with Crippen LogP contribution in [0.2, 0.25) is 0 Å². The molecule has 1 aromatic heterocycles. The fraction of sp³-hybridized carbons (Fsp3) is 0.737. The molecule has 1 amide bonds. The van der Waals surface area contributed by atoms with E-state index in [1.807, 2.05) is 4.90 Å². The van der Waals surface area contributed by atoms with Crippen LogP contribution in [0.25, 0.3) is 0 Å². The number of ether oxygens (including phenoxy) is 1. The smallest absolute Gasteiger partial charge is 0.357 e. The lowest BCUT2D eigenvalue weighted by Crippen LogP contribution is -2.37. The molecule has 1 fully saturated rings. The minimum atomic E-state index is -0.391. The summed E-state index contributed by atoms with van der Waals surface area (Å²) >= 11 is 1.42. The lowest BCUT2D eigenvalue weighted by atomic mass is 9.88. The minimum Gasteiger partial charge on any atom is -0.461 e. The summed E-state index contributed by atoms with van der Waals surface area (Å²) in [6.07, 6.45) is 6.53.